The minimum absolute atomic E-state index is 0.129. The molecule has 0 spiro atoms. The number of esters is 1. The third-order valence-electron chi connectivity index (χ3n) is 5.40. The maximum absolute atomic E-state index is 13.0. The zero-order valence-corrected chi connectivity index (χ0v) is 19.6. The molecule has 33 heavy (non-hydrogen) atoms. The van der Waals surface area contributed by atoms with Gasteiger partial charge < -0.3 is 9.47 Å². The molecule has 0 amide bonds. The Bertz CT molecular complexity index is 1290. The predicted octanol–water partition coefficient (Wildman–Crippen LogP) is 5.29. The minimum atomic E-state index is -0.432. The Labute approximate surface area is 196 Å². The molecule has 0 saturated heterocycles. The molecule has 4 aromatic rings. The molecule has 0 N–H and O–H groups in total. The second-order valence-corrected chi connectivity index (χ2v) is 8.91. The number of aromatic nitrogens is 2. The summed E-state index contributed by atoms with van der Waals surface area (Å²) in [5, 5.41) is 0.491. The lowest BCUT2D eigenvalue weighted by molar-refractivity contribution is 0.0478. The highest BCUT2D eigenvalue weighted by Gasteiger charge is 2.20. The van der Waals surface area contributed by atoms with Gasteiger partial charge in [-0.05, 0) is 49.9 Å². The van der Waals surface area contributed by atoms with E-state index in [2.05, 4.69) is 4.98 Å². The van der Waals surface area contributed by atoms with Crippen LogP contribution in [0.1, 0.15) is 39.2 Å². The van der Waals surface area contributed by atoms with Gasteiger partial charge in [-0.1, -0.05) is 48.0 Å². The van der Waals surface area contributed by atoms with Crippen LogP contribution in [0.3, 0.4) is 0 Å². The van der Waals surface area contributed by atoms with Crippen LogP contribution in [0.2, 0.25) is 0 Å². The molecule has 0 aliphatic heterocycles. The predicted molar refractivity (Wildman–Crippen MR) is 130 cm³/mol. The van der Waals surface area contributed by atoms with Gasteiger partial charge in [-0.15, -0.1) is 11.3 Å². The lowest BCUT2D eigenvalue weighted by Crippen LogP contribution is -2.21. The second-order valence-electron chi connectivity index (χ2n) is 7.91. The van der Waals surface area contributed by atoms with Gasteiger partial charge in [0.2, 0.25) is 0 Å². The van der Waals surface area contributed by atoms with Crippen molar-refractivity contribution in [3.63, 3.8) is 0 Å². The Hall–Kier alpha value is -3.45. The van der Waals surface area contributed by atoms with Gasteiger partial charge in [0.05, 0.1) is 18.3 Å². The number of benzene rings is 2. The Morgan fingerprint density at radius 3 is 2.55 bits per heavy atom. The zero-order chi connectivity index (χ0) is 23.2. The molecule has 2 heterocycles. The SMILES string of the molecule is Cc1ccc(OCCCCn2cnc3sc(C(=O)OCc4ccccc4)c(C)c3c2=O)cc1. The average molecular weight is 463 g/mol. The van der Waals surface area contributed by atoms with Crippen LogP contribution in [0.4, 0.5) is 0 Å². The molecular formula is C26H26N2O4S. The van der Waals surface area contributed by atoms with Crippen LogP contribution in [0.5, 0.6) is 5.75 Å². The fraction of sp³-hybridized carbons (Fsp3) is 0.269. The zero-order valence-electron chi connectivity index (χ0n) is 18.7. The standard InChI is InChI=1S/C26H26N2O4S/c1-18-10-12-21(13-11-18)31-15-7-6-14-28-17-27-24-22(25(28)29)19(2)23(33-24)26(30)32-16-20-8-4-3-5-9-20/h3-5,8-13,17H,6-7,14-16H2,1-2H3. The van der Waals surface area contributed by atoms with E-state index in [0.29, 0.717) is 33.8 Å². The van der Waals surface area contributed by atoms with Crippen molar-refractivity contribution in [2.24, 2.45) is 0 Å². The molecule has 0 bridgehead atoms. The Balaban J connectivity index is 1.37. The number of hydrogen-bond donors (Lipinski definition) is 0. The van der Waals surface area contributed by atoms with Crippen LogP contribution in [-0.2, 0) is 17.9 Å². The number of fused-ring (bicyclic) bond motifs is 1. The number of nitrogens with zero attached hydrogens (tertiary/aromatic N) is 2. The quantitative estimate of drug-likeness (QED) is 0.250. The van der Waals surface area contributed by atoms with E-state index in [1.807, 2.05) is 61.5 Å². The molecule has 170 valence electrons. The molecular weight excluding hydrogens is 436 g/mol. The Morgan fingerprint density at radius 2 is 1.79 bits per heavy atom. The van der Waals surface area contributed by atoms with Crippen LogP contribution in [-0.4, -0.2) is 22.1 Å². The van der Waals surface area contributed by atoms with Crippen LogP contribution < -0.4 is 10.3 Å². The first-order chi connectivity index (χ1) is 16.0. The lowest BCUT2D eigenvalue weighted by atomic mass is 10.2. The summed E-state index contributed by atoms with van der Waals surface area (Å²) in [6.45, 7) is 5.14. The first kappa shape index (κ1) is 22.7. The maximum atomic E-state index is 13.0. The van der Waals surface area contributed by atoms with Crippen molar-refractivity contribution >= 4 is 27.5 Å². The molecule has 0 atom stereocenters. The molecule has 0 saturated carbocycles. The van der Waals surface area contributed by atoms with Crippen LogP contribution in [0, 0.1) is 13.8 Å². The number of unbranched alkanes of at least 4 members (excludes halogenated alkanes) is 1. The molecule has 6 nitrogen and oxygen atoms in total. The summed E-state index contributed by atoms with van der Waals surface area (Å²) >= 11 is 1.20. The molecule has 0 unspecified atom stereocenters. The van der Waals surface area contributed by atoms with E-state index >= 15 is 0 Å². The Morgan fingerprint density at radius 1 is 1.03 bits per heavy atom. The summed E-state index contributed by atoms with van der Waals surface area (Å²) in [6.07, 6.45) is 3.16. The maximum Gasteiger partial charge on any atom is 0.349 e. The number of aryl methyl sites for hydroxylation is 3. The van der Waals surface area contributed by atoms with E-state index in [-0.39, 0.29) is 12.2 Å². The van der Waals surface area contributed by atoms with Crippen molar-refractivity contribution in [1.29, 1.82) is 0 Å². The van der Waals surface area contributed by atoms with Crippen molar-refractivity contribution < 1.29 is 14.3 Å². The van der Waals surface area contributed by atoms with E-state index in [4.69, 9.17) is 9.47 Å². The summed E-state index contributed by atoms with van der Waals surface area (Å²) < 4.78 is 12.8. The van der Waals surface area contributed by atoms with Gasteiger partial charge in [0.25, 0.3) is 5.56 Å². The number of carbonyl (C=O) groups excluding carboxylic acids is 1. The van der Waals surface area contributed by atoms with Crippen LogP contribution >= 0.6 is 11.3 Å². The molecule has 2 aromatic carbocycles. The van der Waals surface area contributed by atoms with Gasteiger partial charge in [-0.3, -0.25) is 9.36 Å². The van der Waals surface area contributed by atoms with Crippen molar-refractivity contribution in [3.8, 4) is 5.75 Å². The fourth-order valence-electron chi connectivity index (χ4n) is 3.51. The molecule has 4 rings (SSSR count). The van der Waals surface area contributed by atoms with E-state index in [1.165, 1.54) is 16.9 Å². The molecule has 0 aliphatic rings. The number of ether oxygens (including phenoxy) is 2. The highest BCUT2D eigenvalue weighted by atomic mass is 32.1. The molecule has 0 fully saturated rings. The summed E-state index contributed by atoms with van der Waals surface area (Å²) in [5.41, 5.74) is 2.61. The van der Waals surface area contributed by atoms with Gasteiger partial charge in [0.15, 0.2) is 0 Å². The van der Waals surface area contributed by atoms with Gasteiger partial charge in [-0.25, -0.2) is 9.78 Å². The monoisotopic (exact) mass is 462 g/mol. The van der Waals surface area contributed by atoms with Crippen molar-refractivity contribution in [2.45, 2.75) is 39.8 Å². The van der Waals surface area contributed by atoms with E-state index in [9.17, 15) is 9.59 Å². The lowest BCUT2D eigenvalue weighted by Gasteiger charge is -2.08. The van der Waals surface area contributed by atoms with Gasteiger partial charge in [-0.2, -0.15) is 0 Å². The molecule has 0 aliphatic carbocycles. The first-order valence-corrected chi connectivity index (χ1v) is 11.7. The van der Waals surface area contributed by atoms with Gasteiger partial charge in [0.1, 0.15) is 22.1 Å². The van der Waals surface area contributed by atoms with Crippen LogP contribution in [0.15, 0.2) is 65.7 Å². The van der Waals surface area contributed by atoms with Crippen LogP contribution in [0.25, 0.3) is 10.2 Å². The summed E-state index contributed by atoms with van der Waals surface area (Å²) in [6, 6.07) is 17.5. The second kappa shape index (κ2) is 10.4. The van der Waals surface area contributed by atoms with Gasteiger partial charge >= 0.3 is 5.97 Å². The third-order valence-corrected chi connectivity index (χ3v) is 6.58. The number of rotatable bonds is 9. The van der Waals surface area contributed by atoms with E-state index < -0.39 is 5.97 Å². The molecule has 2 aromatic heterocycles. The number of hydrogen-bond acceptors (Lipinski definition) is 6. The largest absolute Gasteiger partial charge is 0.494 e. The summed E-state index contributed by atoms with van der Waals surface area (Å²) in [5.74, 6) is 0.417. The summed E-state index contributed by atoms with van der Waals surface area (Å²) in [4.78, 5) is 31.1. The molecule has 7 heteroatoms. The fourth-order valence-corrected chi connectivity index (χ4v) is 4.54. The van der Waals surface area contributed by atoms with Crippen molar-refractivity contribution in [3.05, 3.63) is 92.8 Å². The normalized spacial score (nSPS) is 11.0. The highest BCUT2D eigenvalue weighted by Crippen LogP contribution is 2.27. The van der Waals surface area contributed by atoms with E-state index in [0.717, 1.165) is 24.2 Å². The van der Waals surface area contributed by atoms with E-state index in [1.54, 1.807) is 17.8 Å². The smallest absolute Gasteiger partial charge is 0.349 e. The van der Waals surface area contributed by atoms with Crippen molar-refractivity contribution in [1.82, 2.24) is 9.55 Å². The van der Waals surface area contributed by atoms with Gasteiger partial charge in [0, 0.05) is 6.54 Å². The Kier molecular flexibility index (Phi) is 7.19. The first-order valence-electron chi connectivity index (χ1n) is 10.9. The topological polar surface area (TPSA) is 70.4 Å². The average Bonchev–Trinajstić information content (AvgIpc) is 3.17. The number of thiophene rings is 1. The highest BCUT2D eigenvalue weighted by molar-refractivity contribution is 7.20. The minimum Gasteiger partial charge on any atom is -0.494 e. The number of carbonyl (C=O) groups is 1. The molecule has 0 radical (unpaired) electrons. The summed E-state index contributed by atoms with van der Waals surface area (Å²) in [7, 11) is 0. The van der Waals surface area contributed by atoms with Crippen molar-refractivity contribution in [2.75, 3.05) is 6.61 Å². The third kappa shape index (κ3) is 5.49.